The number of nitrogens with one attached hydrogen (secondary N) is 1. The number of anilines is 2. The van der Waals surface area contributed by atoms with Gasteiger partial charge in [0.25, 0.3) is 0 Å². The average molecular weight is 246 g/mol. The minimum Gasteiger partial charge on any atom is -0.368 e. The third kappa shape index (κ3) is 2.58. The highest BCUT2D eigenvalue weighted by molar-refractivity contribution is 5.42. The van der Waals surface area contributed by atoms with Crippen LogP contribution in [0, 0.1) is 13.8 Å². The summed E-state index contributed by atoms with van der Waals surface area (Å²) in [5, 5.41) is 7.64. The number of aryl methyl sites for hydroxylation is 3. The second-order valence-corrected chi connectivity index (χ2v) is 4.46. The van der Waals surface area contributed by atoms with Crippen LogP contribution in [0.3, 0.4) is 0 Å². The Bertz CT molecular complexity index is 539. The highest BCUT2D eigenvalue weighted by Gasteiger charge is 2.12. The van der Waals surface area contributed by atoms with Gasteiger partial charge in [0.2, 0.25) is 5.95 Å². The molecule has 18 heavy (non-hydrogen) atoms. The summed E-state index contributed by atoms with van der Waals surface area (Å²) in [5.41, 5.74) is 8.63. The Labute approximate surface area is 106 Å². The Hall–Kier alpha value is -2.11. The molecule has 0 aromatic carbocycles. The van der Waals surface area contributed by atoms with E-state index in [2.05, 4.69) is 27.3 Å². The van der Waals surface area contributed by atoms with Crippen molar-refractivity contribution in [2.45, 2.75) is 26.8 Å². The van der Waals surface area contributed by atoms with E-state index >= 15 is 0 Å². The zero-order valence-electron chi connectivity index (χ0n) is 11.1. The Balaban J connectivity index is 2.20. The van der Waals surface area contributed by atoms with Gasteiger partial charge in [0.1, 0.15) is 5.82 Å². The number of hydrogen-bond acceptors (Lipinski definition) is 5. The van der Waals surface area contributed by atoms with E-state index in [9.17, 15) is 0 Å². The summed E-state index contributed by atoms with van der Waals surface area (Å²) in [5.74, 6) is 1.02. The van der Waals surface area contributed by atoms with Gasteiger partial charge in [0, 0.05) is 30.6 Å². The fourth-order valence-corrected chi connectivity index (χ4v) is 2.01. The summed E-state index contributed by atoms with van der Waals surface area (Å²) in [6.07, 6.45) is 2.00. The highest BCUT2D eigenvalue weighted by atomic mass is 15.3. The number of nitrogens with zero attached hydrogens (tertiary/aromatic N) is 4. The molecule has 0 aliphatic carbocycles. The first-order chi connectivity index (χ1) is 8.45. The molecule has 0 bridgehead atoms. The van der Waals surface area contributed by atoms with Crippen LogP contribution in [0.4, 0.5) is 11.8 Å². The smallest absolute Gasteiger partial charge is 0.222 e. The van der Waals surface area contributed by atoms with Crippen molar-refractivity contribution < 1.29 is 0 Å². The molecule has 2 aromatic rings. The molecule has 6 heteroatoms. The molecule has 2 rings (SSSR count). The summed E-state index contributed by atoms with van der Waals surface area (Å²) >= 11 is 0. The van der Waals surface area contributed by atoms with Crippen LogP contribution < -0.4 is 11.1 Å². The molecular formula is C12H18N6. The van der Waals surface area contributed by atoms with Crippen molar-refractivity contribution in [2.24, 2.45) is 7.05 Å². The standard InChI is InChI=1S/C12H18N6/c1-7-5-11(16-12(13)14-7)15-8(2)10-6-18(4)17-9(10)3/h5-6,8H,1-4H3,(H3,13,14,15,16). The maximum absolute atomic E-state index is 5.63. The molecule has 2 heterocycles. The van der Waals surface area contributed by atoms with Crippen molar-refractivity contribution >= 4 is 11.8 Å². The third-order valence-electron chi connectivity index (χ3n) is 2.75. The summed E-state index contributed by atoms with van der Waals surface area (Å²) < 4.78 is 1.81. The van der Waals surface area contributed by atoms with E-state index in [1.54, 1.807) is 0 Å². The Morgan fingerprint density at radius 1 is 1.33 bits per heavy atom. The fourth-order valence-electron chi connectivity index (χ4n) is 2.01. The van der Waals surface area contributed by atoms with Crippen LogP contribution >= 0.6 is 0 Å². The zero-order chi connectivity index (χ0) is 13.3. The van der Waals surface area contributed by atoms with Gasteiger partial charge in [-0.3, -0.25) is 4.68 Å². The Kier molecular flexibility index (Phi) is 3.18. The predicted molar refractivity (Wildman–Crippen MR) is 71.2 cm³/mol. The van der Waals surface area contributed by atoms with Gasteiger partial charge in [-0.2, -0.15) is 10.1 Å². The first-order valence-corrected chi connectivity index (χ1v) is 5.83. The lowest BCUT2D eigenvalue weighted by Gasteiger charge is -2.14. The quantitative estimate of drug-likeness (QED) is 0.859. The van der Waals surface area contributed by atoms with Gasteiger partial charge in [0.15, 0.2) is 0 Å². The topological polar surface area (TPSA) is 81.7 Å². The largest absolute Gasteiger partial charge is 0.368 e. The van der Waals surface area contributed by atoms with E-state index in [1.807, 2.05) is 37.8 Å². The molecule has 6 nitrogen and oxygen atoms in total. The van der Waals surface area contributed by atoms with Crippen LogP contribution in [0.2, 0.25) is 0 Å². The lowest BCUT2D eigenvalue weighted by atomic mass is 10.1. The van der Waals surface area contributed by atoms with Crippen LogP contribution in [-0.4, -0.2) is 19.7 Å². The second kappa shape index (κ2) is 4.64. The van der Waals surface area contributed by atoms with Crippen LogP contribution in [0.1, 0.15) is 29.9 Å². The van der Waals surface area contributed by atoms with Crippen molar-refractivity contribution in [1.82, 2.24) is 19.7 Å². The number of nitrogens with two attached hydrogens (primary N) is 1. The van der Waals surface area contributed by atoms with Crippen molar-refractivity contribution in [3.8, 4) is 0 Å². The van der Waals surface area contributed by atoms with E-state index in [4.69, 9.17) is 5.73 Å². The van der Waals surface area contributed by atoms with Crippen molar-refractivity contribution in [3.63, 3.8) is 0 Å². The van der Waals surface area contributed by atoms with Crippen molar-refractivity contribution in [2.75, 3.05) is 11.1 Å². The van der Waals surface area contributed by atoms with Crippen LogP contribution in [0.15, 0.2) is 12.3 Å². The van der Waals surface area contributed by atoms with Crippen molar-refractivity contribution in [3.05, 3.63) is 29.2 Å². The number of hydrogen-bond donors (Lipinski definition) is 2. The van der Waals surface area contributed by atoms with E-state index in [0.29, 0.717) is 0 Å². The molecule has 0 amide bonds. The van der Waals surface area contributed by atoms with E-state index in [-0.39, 0.29) is 12.0 Å². The van der Waals surface area contributed by atoms with Gasteiger partial charge in [-0.25, -0.2) is 4.98 Å². The highest BCUT2D eigenvalue weighted by Crippen LogP contribution is 2.20. The molecule has 2 aromatic heterocycles. The minimum atomic E-state index is 0.118. The maximum atomic E-state index is 5.63. The van der Waals surface area contributed by atoms with Crippen molar-refractivity contribution in [1.29, 1.82) is 0 Å². The molecule has 0 saturated carbocycles. The fraction of sp³-hybridized carbons (Fsp3) is 0.417. The predicted octanol–water partition coefficient (Wildman–Crippen LogP) is 1.58. The molecule has 1 unspecified atom stereocenters. The molecule has 0 aliphatic heterocycles. The summed E-state index contributed by atoms with van der Waals surface area (Å²) in [7, 11) is 1.91. The molecule has 0 radical (unpaired) electrons. The van der Waals surface area contributed by atoms with Gasteiger partial charge >= 0.3 is 0 Å². The van der Waals surface area contributed by atoms with Gasteiger partial charge in [0.05, 0.1) is 11.7 Å². The second-order valence-electron chi connectivity index (χ2n) is 4.46. The molecule has 0 saturated heterocycles. The van der Waals surface area contributed by atoms with Crippen LogP contribution in [0.25, 0.3) is 0 Å². The molecular weight excluding hydrogens is 228 g/mol. The van der Waals surface area contributed by atoms with E-state index in [0.717, 1.165) is 22.8 Å². The minimum absolute atomic E-state index is 0.118. The molecule has 0 aliphatic rings. The third-order valence-corrected chi connectivity index (χ3v) is 2.75. The molecule has 3 N–H and O–H groups in total. The van der Waals surface area contributed by atoms with Crippen LogP contribution in [0.5, 0.6) is 0 Å². The average Bonchev–Trinajstić information content (AvgIpc) is 2.56. The van der Waals surface area contributed by atoms with E-state index in [1.165, 1.54) is 0 Å². The normalized spacial score (nSPS) is 12.4. The summed E-state index contributed by atoms with van der Waals surface area (Å²) in [4.78, 5) is 8.21. The Morgan fingerprint density at radius 3 is 2.61 bits per heavy atom. The molecule has 0 spiro atoms. The first kappa shape index (κ1) is 12.3. The molecule has 1 atom stereocenters. The number of nitrogen functional groups attached to an aromatic ring is 1. The van der Waals surface area contributed by atoms with Gasteiger partial charge < -0.3 is 11.1 Å². The number of rotatable bonds is 3. The summed E-state index contributed by atoms with van der Waals surface area (Å²) in [6, 6.07) is 1.99. The maximum Gasteiger partial charge on any atom is 0.222 e. The van der Waals surface area contributed by atoms with Crippen LogP contribution in [-0.2, 0) is 7.05 Å². The lowest BCUT2D eigenvalue weighted by molar-refractivity contribution is 0.756. The SMILES string of the molecule is Cc1cc(NC(C)c2cn(C)nc2C)nc(N)n1. The zero-order valence-corrected chi connectivity index (χ0v) is 11.1. The van der Waals surface area contributed by atoms with Gasteiger partial charge in [-0.1, -0.05) is 0 Å². The molecule has 0 fully saturated rings. The first-order valence-electron chi connectivity index (χ1n) is 5.83. The lowest BCUT2D eigenvalue weighted by Crippen LogP contribution is -2.10. The summed E-state index contributed by atoms with van der Waals surface area (Å²) in [6.45, 7) is 5.95. The van der Waals surface area contributed by atoms with E-state index < -0.39 is 0 Å². The molecule has 96 valence electrons. The van der Waals surface area contributed by atoms with Gasteiger partial charge in [-0.05, 0) is 20.8 Å². The van der Waals surface area contributed by atoms with Gasteiger partial charge in [-0.15, -0.1) is 0 Å². The Morgan fingerprint density at radius 2 is 2.06 bits per heavy atom. The monoisotopic (exact) mass is 246 g/mol. The number of aromatic nitrogens is 4.